The first-order chi connectivity index (χ1) is 7.18. The molecule has 82 valence electrons. The highest BCUT2D eigenvalue weighted by atomic mass is 15.3. The zero-order chi connectivity index (χ0) is 11.4. The van der Waals surface area contributed by atoms with Crippen LogP contribution in [0.1, 0.15) is 39.3 Å². The van der Waals surface area contributed by atoms with E-state index in [-0.39, 0.29) is 0 Å². The van der Waals surface area contributed by atoms with Crippen LogP contribution in [-0.2, 0) is 0 Å². The molecule has 0 aliphatic heterocycles. The van der Waals surface area contributed by atoms with Gasteiger partial charge in [0.1, 0.15) is 0 Å². The van der Waals surface area contributed by atoms with Crippen LogP contribution in [0.4, 0.5) is 0 Å². The van der Waals surface area contributed by atoms with Gasteiger partial charge in [-0.15, -0.1) is 0 Å². The van der Waals surface area contributed by atoms with Gasteiger partial charge < -0.3 is 0 Å². The minimum atomic E-state index is 0.437. The van der Waals surface area contributed by atoms with E-state index in [0.717, 1.165) is 5.52 Å². The van der Waals surface area contributed by atoms with Gasteiger partial charge >= 0.3 is 0 Å². The Balaban J connectivity index is 0.000000531. The summed E-state index contributed by atoms with van der Waals surface area (Å²) >= 11 is 0. The molecule has 0 spiro atoms. The molecule has 0 radical (unpaired) electrons. The molecule has 0 saturated heterocycles. The molecule has 1 aromatic carbocycles. The van der Waals surface area contributed by atoms with Crippen LogP contribution in [-0.4, -0.2) is 9.78 Å². The van der Waals surface area contributed by atoms with Crippen molar-refractivity contribution < 1.29 is 0 Å². The molecule has 0 atom stereocenters. The van der Waals surface area contributed by atoms with Gasteiger partial charge in [0.15, 0.2) is 0 Å². The van der Waals surface area contributed by atoms with Gasteiger partial charge in [-0.3, -0.25) is 4.68 Å². The molecule has 0 fully saturated rings. The fraction of sp³-hybridized carbons (Fsp3) is 0.462. The minimum absolute atomic E-state index is 0.437. The minimum Gasteiger partial charge on any atom is -0.269 e. The maximum Gasteiger partial charge on any atom is 0.0952 e. The van der Waals surface area contributed by atoms with Crippen molar-refractivity contribution >= 4 is 10.9 Å². The van der Waals surface area contributed by atoms with Gasteiger partial charge in [-0.1, -0.05) is 32.0 Å². The van der Waals surface area contributed by atoms with Gasteiger partial charge in [-0.25, -0.2) is 0 Å². The van der Waals surface area contributed by atoms with Gasteiger partial charge in [0.25, 0.3) is 0 Å². The van der Waals surface area contributed by atoms with Crippen LogP contribution in [0.3, 0.4) is 0 Å². The molecule has 15 heavy (non-hydrogen) atoms. The molecule has 2 rings (SSSR count). The van der Waals surface area contributed by atoms with E-state index < -0.39 is 0 Å². The number of rotatable bonds is 1. The average Bonchev–Trinajstić information content (AvgIpc) is 2.66. The fourth-order valence-corrected chi connectivity index (χ4v) is 1.47. The van der Waals surface area contributed by atoms with Crippen LogP contribution >= 0.6 is 0 Å². The Morgan fingerprint density at radius 2 is 1.87 bits per heavy atom. The van der Waals surface area contributed by atoms with Crippen molar-refractivity contribution in [2.75, 3.05) is 0 Å². The van der Waals surface area contributed by atoms with E-state index in [1.54, 1.807) is 0 Å². The van der Waals surface area contributed by atoms with Gasteiger partial charge in [-0.05, 0) is 26.3 Å². The van der Waals surface area contributed by atoms with E-state index in [1.807, 2.05) is 18.5 Å². The summed E-state index contributed by atoms with van der Waals surface area (Å²) in [5.74, 6) is 0. The Kier molecular flexibility index (Phi) is 3.89. The maximum absolute atomic E-state index is 4.53. The van der Waals surface area contributed by atoms with Crippen LogP contribution in [0.2, 0.25) is 0 Å². The van der Waals surface area contributed by atoms with Crippen molar-refractivity contribution in [1.82, 2.24) is 9.78 Å². The SMILES string of the molecule is CC.Cc1cccc2cn(C(C)C)nc12. The highest BCUT2D eigenvalue weighted by molar-refractivity contribution is 5.81. The number of nitrogens with zero attached hydrogens (tertiary/aromatic N) is 2. The number of fused-ring (bicyclic) bond motifs is 1. The van der Waals surface area contributed by atoms with Crippen molar-refractivity contribution in [3.8, 4) is 0 Å². The van der Waals surface area contributed by atoms with E-state index >= 15 is 0 Å². The van der Waals surface area contributed by atoms with Gasteiger partial charge in [0, 0.05) is 17.6 Å². The second-order valence-electron chi connectivity index (χ2n) is 3.72. The maximum atomic E-state index is 4.53. The van der Waals surface area contributed by atoms with Crippen LogP contribution in [0, 0.1) is 6.92 Å². The Labute approximate surface area is 91.9 Å². The predicted molar refractivity (Wildman–Crippen MR) is 66.2 cm³/mol. The molecule has 0 saturated carbocycles. The van der Waals surface area contributed by atoms with Crippen molar-refractivity contribution in [3.05, 3.63) is 30.0 Å². The summed E-state index contributed by atoms with van der Waals surface area (Å²) in [5.41, 5.74) is 2.37. The highest BCUT2D eigenvalue weighted by Gasteiger charge is 2.04. The van der Waals surface area contributed by atoms with Crippen molar-refractivity contribution in [2.24, 2.45) is 0 Å². The van der Waals surface area contributed by atoms with Crippen LogP contribution in [0.15, 0.2) is 24.4 Å². The van der Waals surface area contributed by atoms with Gasteiger partial charge in [0.2, 0.25) is 0 Å². The lowest BCUT2D eigenvalue weighted by atomic mass is 10.2. The van der Waals surface area contributed by atoms with Crippen LogP contribution in [0.5, 0.6) is 0 Å². The molecule has 0 N–H and O–H groups in total. The van der Waals surface area contributed by atoms with E-state index in [9.17, 15) is 0 Å². The van der Waals surface area contributed by atoms with Gasteiger partial charge in [-0.2, -0.15) is 5.10 Å². The molecule has 0 unspecified atom stereocenters. The third-order valence-electron chi connectivity index (χ3n) is 2.28. The fourth-order valence-electron chi connectivity index (χ4n) is 1.47. The normalized spacial score (nSPS) is 10.3. The summed E-state index contributed by atoms with van der Waals surface area (Å²) in [4.78, 5) is 0. The number of aryl methyl sites for hydroxylation is 1. The Morgan fingerprint density at radius 3 is 2.40 bits per heavy atom. The summed E-state index contributed by atoms with van der Waals surface area (Å²) in [6, 6.07) is 6.71. The first-order valence-corrected chi connectivity index (χ1v) is 5.63. The van der Waals surface area contributed by atoms with E-state index in [0.29, 0.717) is 6.04 Å². The molecule has 0 aliphatic rings. The third kappa shape index (κ3) is 2.38. The smallest absolute Gasteiger partial charge is 0.0952 e. The van der Waals surface area contributed by atoms with E-state index in [4.69, 9.17) is 0 Å². The largest absolute Gasteiger partial charge is 0.269 e. The molecule has 0 amide bonds. The van der Waals surface area contributed by atoms with Crippen molar-refractivity contribution in [1.29, 1.82) is 0 Å². The summed E-state index contributed by atoms with van der Waals surface area (Å²) in [5, 5.41) is 5.76. The summed E-state index contributed by atoms with van der Waals surface area (Å²) in [6.45, 7) is 10.4. The first kappa shape index (κ1) is 11.8. The molecule has 0 bridgehead atoms. The quantitative estimate of drug-likeness (QED) is 0.687. The zero-order valence-electron chi connectivity index (χ0n) is 10.3. The second-order valence-corrected chi connectivity index (χ2v) is 3.72. The van der Waals surface area contributed by atoms with Gasteiger partial charge in [0.05, 0.1) is 5.52 Å². The molecule has 1 aromatic heterocycles. The number of hydrogen-bond donors (Lipinski definition) is 0. The molecule has 0 aliphatic carbocycles. The molecular weight excluding hydrogens is 184 g/mol. The van der Waals surface area contributed by atoms with E-state index in [1.165, 1.54) is 10.9 Å². The predicted octanol–water partition coefficient (Wildman–Crippen LogP) is 3.95. The number of aromatic nitrogens is 2. The monoisotopic (exact) mass is 204 g/mol. The lowest BCUT2D eigenvalue weighted by molar-refractivity contribution is 0.537. The lowest BCUT2D eigenvalue weighted by Gasteiger charge is -2.02. The Hall–Kier alpha value is -1.31. The third-order valence-corrected chi connectivity index (χ3v) is 2.28. The van der Waals surface area contributed by atoms with Crippen LogP contribution in [0.25, 0.3) is 10.9 Å². The molecule has 2 nitrogen and oxygen atoms in total. The van der Waals surface area contributed by atoms with Crippen molar-refractivity contribution in [3.63, 3.8) is 0 Å². The Morgan fingerprint density at radius 1 is 1.20 bits per heavy atom. The lowest BCUT2D eigenvalue weighted by Crippen LogP contribution is -2.00. The topological polar surface area (TPSA) is 17.8 Å². The Bertz CT molecular complexity index is 427. The second kappa shape index (κ2) is 4.96. The zero-order valence-corrected chi connectivity index (χ0v) is 10.3. The molecule has 2 aromatic rings. The van der Waals surface area contributed by atoms with Crippen LogP contribution < -0.4 is 0 Å². The van der Waals surface area contributed by atoms with E-state index in [2.05, 4.69) is 50.3 Å². The molecule has 2 heteroatoms. The summed E-state index contributed by atoms with van der Waals surface area (Å²) in [6.07, 6.45) is 2.10. The molecule has 1 heterocycles. The first-order valence-electron chi connectivity index (χ1n) is 5.63. The highest BCUT2D eigenvalue weighted by Crippen LogP contribution is 2.17. The summed E-state index contributed by atoms with van der Waals surface area (Å²) in [7, 11) is 0. The molecular formula is C13H20N2. The summed E-state index contributed by atoms with van der Waals surface area (Å²) < 4.78 is 2.01. The number of hydrogen-bond acceptors (Lipinski definition) is 1. The standard InChI is InChI=1S/C11H14N2.C2H6/c1-8(2)13-7-10-6-4-5-9(3)11(10)12-13;1-2/h4-8H,1-3H3;1-2H3. The average molecular weight is 204 g/mol. The van der Waals surface area contributed by atoms with Crippen molar-refractivity contribution in [2.45, 2.75) is 40.7 Å². The number of benzene rings is 1.